The smallest absolute Gasteiger partial charge is 0.227 e. The molecule has 0 bridgehead atoms. The van der Waals surface area contributed by atoms with Crippen LogP contribution in [0.15, 0.2) is 52.9 Å². The molecular weight excluding hydrogens is 324 g/mol. The molecule has 1 heterocycles. The van der Waals surface area contributed by atoms with Gasteiger partial charge in [-0.3, -0.25) is 0 Å². The van der Waals surface area contributed by atoms with Crippen LogP contribution in [-0.2, 0) is 11.3 Å². The number of para-hydroxylation sites is 2. The van der Waals surface area contributed by atoms with Crippen molar-refractivity contribution in [2.75, 3.05) is 13.7 Å². The molecule has 24 heavy (non-hydrogen) atoms. The number of fused-ring (bicyclic) bond motifs is 1. The van der Waals surface area contributed by atoms with Crippen molar-refractivity contribution in [2.45, 2.75) is 19.1 Å². The molecule has 1 aromatic heterocycles. The van der Waals surface area contributed by atoms with Crippen molar-refractivity contribution in [3.63, 3.8) is 0 Å². The number of nitrogens with zero attached hydrogens (tertiary/aromatic N) is 1. The third-order valence-electron chi connectivity index (χ3n) is 4.39. The molecule has 0 unspecified atom stereocenters. The van der Waals surface area contributed by atoms with Gasteiger partial charge in [0.15, 0.2) is 5.58 Å². The number of halogens is 1. The van der Waals surface area contributed by atoms with Crippen molar-refractivity contribution in [2.24, 2.45) is 5.92 Å². The molecule has 1 aliphatic rings. The van der Waals surface area contributed by atoms with Gasteiger partial charge in [-0.1, -0.05) is 24.3 Å². The van der Waals surface area contributed by atoms with Crippen molar-refractivity contribution in [1.29, 1.82) is 0 Å². The second kappa shape index (κ2) is 7.34. The zero-order valence-corrected chi connectivity index (χ0v) is 14.4. The number of hydrogen-bond acceptors (Lipinski definition) is 4. The van der Waals surface area contributed by atoms with Crippen LogP contribution < -0.4 is 5.32 Å². The molecule has 0 amide bonds. The van der Waals surface area contributed by atoms with E-state index in [-0.39, 0.29) is 12.4 Å². The topological polar surface area (TPSA) is 47.3 Å². The summed E-state index contributed by atoms with van der Waals surface area (Å²) < 4.78 is 11.6. The van der Waals surface area contributed by atoms with Gasteiger partial charge >= 0.3 is 0 Å². The summed E-state index contributed by atoms with van der Waals surface area (Å²) >= 11 is 0. The van der Waals surface area contributed by atoms with Gasteiger partial charge in [0.05, 0.1) is 13.2 Å². The normalized spacial score (nSPS) is 19.2. The van der Waals surface area contributed by atoms with Crippen LogP contribution in [0.4, 0.5) is 0 Å². The van der Waals surface area contributed by atoms with E-state index in [1.807, 2.05) is 43.4 Å². The SMILES string of the molecule is CN[C@@H]1C[C@H]1COCc1ccc(-c2nc3ccccc3o2)cc1.Cl. The lowest BCUT2D eigenvalue weighted by Gasteiger charge is -2.04. The molecule has 2 atom stereocenters. The molecule has 1 aliphatic carbocycles. The maximum Gasteiger partial charge on any atom is 0.227 e. The first-order valence-electron chi connectivity index (χ1n) is 8.03. The first-order chi connectivity index (χ1) is 11.3. The Morgan fingerprint density at radius 1 is 1.17 bits per heavy atom. The Labute approximate surface area is 147 Å². The van der Waals surface area contributed by atoms with Gasteiger partial charge in [-0.15, -0.1) is 12.4 Å². The average Bonchev–Trinajstić information content (AvgIpc) is 3.21. The Balaban J connectivity index is 0.00000169. The summed E-state index contributed by atoms with van der Waals surface area (Å²) in [4.78, 5) is 4.52. The summed E-state index contributed by atoms with van der Waals surface area (Å²) in [5.41, 5.74) is 3.87. The van der Waals surface area contributed by atoms with Gasteiger partial charge in [-0.25, -0.2) is 4.98 Å². The molecule has 3 aromatic rings. The zero-order valence-electron chi connectivity index (χ0n) is 13.6. The number of nitrogens with one attached hydrogen (secondary N) is 1. The van der Waals surface area contributed by atoms with E-state index in [2.05, 4.69) is 22.4 Å². The van der Waals surface area contributed by atoms with Crippen LogP contribution in [0.25, 0.3) is 22.6 Å². The van der Waals surface area contributed by atoms with Crippen LogP contribution in [-0.4, -0.2) is 24.7 Å². The van der Waals surface area contributed by atoms with E-state index in [0.29, 0.717) is 24.5 Å². The summed E-state index contributed by atoms with van der Waals surface area (Å²) in [5.74, 6) is 1.34. The van der Waals surface area contributed by atoms with E-state index in [9.17, 15) is 0 Å². The van der Waals surface area contributed by atoms with Gasteiger partial charge in [0, 0.05) is 11.6 Å². The van der Waals surface area contributed by atoms with Crippen LogP contribution in [0.1, 0.15) is 12.0 Å². The van der Waals surface area contributed by atoms with Crippen molar-refractivity contribution < 1.29 is 9.15 Å². The molecule has 4 rings (SSSR count). The summed E-state index contributed by atoms with van der Waals surface area (Å²) in [5, 5.41) is 3.28. The lowest BCUT2D eigenvalue weighted by molar-refractivity contribution is 0.109. The highest BCUT2D eigenvalue weighted by Gasteiger charge is 2.35. The minimum Gasteiger partial charge on any atom is -0.436 e. The number of oxazole rings is 1. The average molecular weight is 345 g/mol. The number of ether oxygens (including phenoxy) is 1. The first-order valence-corrected chi connectivity index (χ1v) is 8.03. The van der Waals surface area contributed by atoms with E-state index >= 15 is 0 Å². The molecule has 126 valence electrons. The van der Waals surface area contributed by atoms with E-state index in [4.69, 9.17) is 9.15 Å². The van der Waals surface area contributed by atoms with Crippen LogP contribution >= 0.6 is 12.4 Å². The van der Waals surface area contributed by atoms with Crippen LogP contribution in [0, 0.1) is 5.92 Å². The van der Waals surface area contributed by atoms with Gasteiger partial charge in [-0.2, -0.15) is 0 Å². The summed E-state index contributed by atoms with van der Waals surface area (Å²) in [6.45, 7) is 1.49. The second-order valence-electron chi connectivity index (χ2n) is 6.09. The number of rotatable bonds is 6. The quantitative estimate of drug-likeness (QED) is 0.733. The third-order valence-corrected chi connectivity index (χ3v) is 4.39. The van der Waals surface area contributed by atoms with E-state index in [0.717, 1.165) is 23.3 Å². The fourth-order valence-corrected chi connectivity index (χ4v) is 2.85. The fourth-order valence-electron chi connectivity index (χ4n) is 2.85. The molecule has 5 heteroatoms. The maximum atomic E-state index is 5.79. The molecule has 0 saturated heterocycles. The van der Waals surface area contributed by atoms with Gasteiger partial charge in [-0.05, 0) is 49.2 Å². The Kier molecular flexibility index (Phi) is 5.19. The van der Waals surface area contributed by atoms with Crippen molar-refractivity contribution in [3.05, 3.63) is 54.1 Å². The molecule has 0 radical (unpaired) electrons. The summed E-state index contributed by atoms with van der Waals surface area (Å²) in [7, 11) is 2.01. The lowest BCUT2D eigenvalue weighted by Crippen LogP contribution is -2.13. The molecule has 0 aliphatic heterocycles. The van der Waals surface area contributed by atoms with Crippen LogP contribution in [0.2, 0.25) is 0 Å². The minimum atomic E-state index is 0. The minimum absolute atomic E-state index is 0. The summed E-state index contributed by atoms with van der Waals surface area (Å²) in [6.07, 6.45) is 1.23. The highest BCUT2D eigenvalue weighted by molar-refractivity contribution is 5.85. The Bertz CT molecular complexity index is 767. The number of benzene rings is 2. The van der Waals surface area contributed by atoms with Crippen molar-refractivity contribution in [3.8, 4) is 11.5 Å². The molecule has 2 aromatic carbocycles. The Morgan fingerprint density at radius 3 is 2.67 bits per heavy atom. The highest BCUT2D eigenvalue weighted by atomic mass is 35.5. The van der Waals surface area contributed by atoms with Gasteiger partial charge in [0.2, 0.25) is 5.89 Å². The Morgan fingerprint density at radius 2 is 1.96 bits per heavy atom. The maximum absolute atomic E-state index is 5.79. The largest absolute Gasteiger partial charge is 0.436 e. The number of aromatic nitrogens is 1. The molecule has 1 fully saturated rings. The molecule has 1 N–H and O–H groups in total. The van der Waals surface area contributed by atoms with Gasteiger partial charge < -0.3 is 14.5 Å². The predicted octanol–water partition coefficient (Wildman–Crippen LogP) is 4.04. The monoisotopic (exact) mass is 344 g/mol. The number of hydrogen-bond donors (Lipinski definition) is 1. The molecule has 0 spiro atoms. The van der Waals surface area contributed by atoms with Crippen LogP contribution in [0.3, 0.4) is 0 Å². The zero-order chi connectivity index (χ0) is 15.6. The summed E-state index contributed by atoms with van der Waals surface area (Å²) in [6, 6.07) is 16.7. The van der Waals surface area contributed by atoms with Crippen molar-refractivity contribution in [1.82, 2.24) is 10.3 Å². The third kappa shape index (κ3) is 3.61. The molecular formula is C19H21ClN2O2. The predicted molar refractivity (Wildman–Crippen MR) is 97.3 cm³/mol. The van der Waals surface area contributed by atoms with E-state index < -0.39 is 0 Å². The lowest BCUT2D eigenvalue weighted by atomic mass is 10.1. The van der Waals surface area contributed by atoms with E-state index in [1.165, 1.54) is 12.0 Å². The second-order valence-corrected chi connectivity index (χ2v) is 6.09. The molecule has 4 nitrogen and oxygen atoms in total. The fraction of sp³-hybridized carbons (Fsp3) is 0.316. The van der Waals surface area contributed by atoms with Gasteiger partial charge in [0.25, 0.3) is 0 Å². The molecule has 1 saturated carbocycles. The Hall–Kier alpha value is -1.88. The van der Waals surface area contributed by atoms with Crippen molar-refractivity contribution >= 4 is 23.5 Å². The highest BCUT2D eigenvalue weighted by Crippen LogP contribution is 2.30. The first kappa shape index (κ1) is 17.0. The van der Waals surface area contributed by atoms with Gasteiger partial charge in [0.1, 0.15) is 5.52 Å². The van der Waals surface area contributed by atoms with E-state index in [1.54, 1.807) is 0 Å². The van der Waals surface area contributed by atoms with Crippen LogP contribution in [0.5, 0.6) is 0 Å². The standard InChI is InChI=1S/C19H20N2O2.ClH/c1-20-17-10-15(17)12-22-11-13-6-8-14(9-7-13)19-21-16-4-2-3-5-18(16)23-19;/h2-9,15,17,20H,10-12H2,1H3;1H/t15-,17+;/m0./s1.